The molecule has 0 atom stereocenters. The molecule has 1 aliphatic rings. The zero-order chi connectivity index (χ0) is 17.2. The standard InChI is InChI=1S/C22H21NOS/c1-16-7-9-17(10-8-16)14-23(22(24)19-11-12-19)20-13-21(25-15-20)18-5-3-2-4-6-18/h2-10,13,15,19H,11-12,14H2,1H3. The Morgan fingerprint density at radius 3 is 2.48 bits per heavy atom. The number of nitrogens with zero attached hydrogens (tertiary/aromatic N) is 1. The number of hydrogen-bond donors (Lipinski definition) is 0. The van der Waals surface area contributed by atoms with E-state index in [2.05, 4.69) is 54.8 Å². The second-order valence-corrected chi connectivity index (χ2v) is 7.63. The van der Waals surface area contributed by atoms with Gasteiger partial charge in [-0.3, -0.25) is 4.79 Å². The summed E-state index contributed by atoms with van der Waals surface area (Å²) >= 11 is 1.70. The fraction of sp³-hybridized carbons (Fsp3) is 0.227. The highest BCUT2D eigenvalue weighted by molar-refractivity contribution is 7.14. The molecule has 126 valence electrons. The molecule has 2 nitrogen and oxygen atoms in total. The molecule has 4 rings (SSSR count). The predicted octanol–water partition coefficient (Wildman–Crippen LogP) is 5.67. The van der Waals surface area contributed by atoms with E-state index in [1.807, 2.05) is 23.1 Å². The van der Waals surface area contributed by atoms with Crippen molar-refractivity contribution in [3.63, 3.8) is 0 Å². The van der Waals surface area contributed by atoms with Crippen LogP contribution < -0.4 is 4.90 Å². The lowest BCUT2D eigenvalue weighted by molar-refractivity contribution is -0.119. The second kappa shape index (κ2) is 6.85. The van der Waals surface area contributed by atoms with Crippen molar-refractivity contribution in [3.05, 3.63) is 77.2 Å². The van der Waals surface area contributed by atoms with Gasteiger partial charge >= 0.3 is 0 Å². The Balaban J connectivity index is 1.63. The highest BCUT2D eigenvalue weighted by atomic mass is 32.1. The maximum absolute atomic E-state index is 12.9. The van der Waals surface area contributed by atoms with Crippen LogP contribution in [0.4, 0.5) is 5.69 Å². The summed E-state index contributed by atoms with van der Waals surface area (Å²) in [5, 5.41) is 2.11. The van der Waals surface area contributed by atoms with Gasteiger partial charge in [0.1, 0.15) is 0 Å². The summed E-state index contributed by atoms with van der Waals surface area (Å²) in [6.07, 6.45) is 2.05. The summed E-state index contributed by atoms with van der Waals surface area (Å²) in [4.78, 5) is 16.0. The number of carbonyl (C=O) groups excluding carboxylic acids is 1. The Labute approximate surface area is 152 Å². The first-order valence-electron chi connectivity index (χ1n) is 8.71. The van der Waals surface area contributed by atoms with E-state index in [1.54, 1.807) is 11.3 Å². The second-order valence-electron chi connectivity index (χ2n) is 6.72. The third kappa shape index (κ3) is 3.67. The molecule has 1 aromatic heterocycles. The number of rotatable bonds is 5. The minimum Gasteiger partial charge on any atom is -0.307 e. The maximum atomic E-state index is 12.9. The van der Waals surface area contributed by atoms with Gasteiger partial charge in [0.05, 0.1) is 12.2 Å². The van der Waals surface area contributed by atoms with Gasteiger partial charge in [0.15, 0.2) is 0 Å². The van der Waals surface area contributed by atoms with Crippen molar-refractivity contribution in [1.29, 1.82) is 0 Å². The summed E-state index contributed by atoms with van der Waals surface area (Å²) < 4.78 is 0. The Morgan fingerprint density at radius 2 is 1.80 bits per heavy atom. The lowest BCUT2D eigenvalue weighted by atomic mass is 10.1. The molecule has 2 aromatic carbocycles. The molecular weight excluding hydrogens is 326 g/mol. The number of thiophene rings is 1. The molecule has 1 fully saturated rings. The van der Waals surface area contributed by atoms with Crippen LogP contribution >= 0.6 is 11.3 Å². The Bertz CT molecular complexity index is 863. The normalized spacial score (nSPS) is 13.6. The zero-order valence-corrected chi connectivity index (χ0v) is 15.1. The molecule has 1 saturated carbocycles. The first kappa shape index (κ1) is 16.1. The molecular formula is C22H21NOS. The van der Waals surface area contributed by atoms with Gasteiger partial charge in [-0.05, 0) is 37.0 Å². The fourth-order valence-electron chi connectivity index (χ4n) is 2.94. The lowest BCUT2D eigenvalue weighted by Gasteiger charge is -2.22. The molecule has 0 spiro atoms. The van der Waals surface area contributed by atoms with Crippen LogP contribution in [0.25, 0.3) is 10.4 Å². The van der Waals surface area contributed by atoms with Gasteiger partial charge in [0.25, 0.3) is 0 Å². The summed E-state index contributed by atoms with van der Waals surface area (Å²) in [7, 11) is 0. The third-order valence-electron chi connectivity index (χ3n) is 4.61. The van der Waals surface area contributed by atoms with Gasteiger partial charge in [-0.2, -0.15) is 0 Å². The van der Waals surface area contributed by atoms with Crippen LogP contribution in [0, 0.1) is 12.8 Å². The van der Waals surface area contributed by atoms with E-state index in [-0.39, 0.29) is 11.8 Å². The van der Waals surface area contributed by atoms with Crippen LogP contribution in [0.1, 0.15) is 24.0 Å². The lowest BCUT2D eigenvalue weighted by Crippen LogP contribution is -2.31. The third-order valence-corrected chi connectivity index (χ3v) is 5.58. The SMILES string of the molecule is Cc1ccc(CN(C(=O)C2CC2)c2csc(-c3ccccc3)c2)cc1. The van der Waals surface area contributed by atoms with Crippen molar-refractivity contribution in [1.82, 2.24) is 0 Å². The minimum atomic E-state index is 0.213. The molecule has 25 heavy (non-hydrogen) atoms. The average Bonchev–Trinajstić information content (AvgIpc) is 3.39. The van der Waals surface area contributed by atoms with E-state index in [0.717, 1.165) is 18.5 Å². The van der Waals surface area contributed by atoms with Crippen molar-refractivity contribution in [2.45, 2.75) is 26.3 Å². The average molecular weight is 347 g/mol. The largest absolute Gasteiger partial charge is 0.307 e. The molecule has 1 amide bonds. The van der Waals surface area contributed by atoms with Crippen LogP contribution in [0.15, 0.2) is 66.0 Å². The Hall–Kier alpha value is -2.39. The molecule has 1 heterocycles. The van der Waals surface area contributed by atoms with E-state index >= 15 is 0 Å². The highest BCUT2D eigenvalue weighted by Crippen LogP contribution is 2.37. The van der Waals surface area contributed by atoms with Crippen LogP contribution in [-0.4, -0.2) is 5.91 Å². The molecule has 0 bridgehead atoms. The van der Waals surface area contributed by atoms with Crippen LogP contribution in [0.3, 0.4) is 0 Å². The molecule has 0 saturated heterocycles. The summed E-state index contributed by atoms with van der Waals surface area (Å²) in [6.45, 7) is 2.72. The van der Waals surface area contributed by atoms with Gasteiger partial charge in [0, 0.05) is 16.2 Å². The number of hydrogen-bond acceptors (Lipinski definition) is 2. The zero-order valence-electron chi connectivity index (χ0n) is 14.3. The number of amides is 1. The topological polar surface area (TPSA) is 20.3 Å². The molecule has 3 aromatic rings. The molecule has 1 aliphatic carbocycles. The van der Waals surface area contributed by atoms with E-state index in [9.17, 15) is 4.79 Å². The van der Waals surface area contributed by atoms with Crippen LogP contribution in [0.2, 0.25) is 0 Å². The smallest absolute Gasteiger partial charge is 0.230 e. The summed E-state index contributed by atoms with van der Waals surface area (Å²) in [5.74, 6) is 0.475. The Morgan fingerprint density at radius 1 is 1.08 bits per heavy atom. The van der Waals surface area contributed by atoms with E-state index in [4.69, 9.17) is 0 Å². The van der Waals surface area contributed by atoms with E-state index in [0.29, 0.717) is 6.54 Å². The van der Waals surface area contributed by atoms with Crippen molar-refractivity contribution in [2.75, 3.05) is 4.90 Å². The Kier molecular flexibility index (Phi) is 4.41. The maximum Gasteiger partial charge on any atom is 0.230 e. The van der Waals surface area contributed by atoms with Crippen molar-refractivity contribution >= 4 is 22.9 Å². The van der Waals surface area contributed by atoms with Gasteiger partial charge in [-0.15, -0.1) is 11.3 Å². The number of aryl methyl sites for hydroxylation is 1. The molecule has 0 aliphatic heterocycles. The van der Waals surface area contributed by atoms with Crippen molar-refractivity contribution < 1.29 is 4.79 Å². The van der Waals surface area contributed by atoms with Gasteiger partial charge < -0.3 is 4.90 Å². The van der Waals surface area contributed by atoms with E-state index in [1.165, 1.54) is 21.6 Å². The fourth-order valence-corrected chi connectivity index (χ4v) is 3.85. The molecule has 3 heteroatoms. The minimum absolute atomic E-state index is 0.213. The summed E-state index contributed by atoms with van der Waals surface area (Å²) in [5.41, 5.74) is 4.63. The first-order valence-corrected chi connectivity index (χ1v) is 9.59. The quantitative estimate of drug-likeness (QED) is 0.582. The number of carbonyl (C=O) groups is 1. The monoisotopic (exact) mass is 347 g/mol. The highest BCUT2D eigenvalue weighted by Gasteiger charge is 2.34. The van der Waals surface area contributed by atoms with Crippen LogP contribution in [-0.2, 0) is 11.3 Å². The molecule has 0 N–H and O–H groups in total. The molecule has 0 radical (unpaired) electrons. The number of benzene rings is 2. The van der Waals surface area contributed by atoms with E-state index < -0.39 is 0 Å². The molecule has 0 unspecified atom stereocenters. The van der Waals surface area contributed by atoms with Crippen LogP contribution in [0.5, 0.6) is 0 Å². The number of anilines is 1. The van der Waals surface area contributed by atoms with Gasteiger partial charge in [-0.25, -0.2) is 0 Å². The summed E-state index contributed by atoms with van der Waals surface area (Å²) in [6, 6.07) is 21.0. The predicted molar refractivity (Wildman–Crippen MR) is 105 cm³/mol. The van der Waals surface area contributed by atoms with Crippen molar-refractivity contribution in [3.8, 4) is 10.4 Å². The first-order chi connectivity index (χ1) is 12.2. The van der Waals surface area contributed by atoms with Gasteiger partial charge in [0.2, 0.25) is 5.91 Å². The van der Waals surface area contributed by atoms with Crippen molar-refractivity contribution in [2.24, 2.45) is 5.92 Å². The van der Waals surface area contributed by atoms with Gasteiger partial charge in [-0.1, -0.05) is 60.2 Å².